The van der Waals surface area contributed by atoms with Crippen LogP contribution in [0.25, 0.3) is 0 Å². The molecule has 0 saturated carbocycles. The third kappa shape index (κ3) is 3.60. The molecular weight excluding hydrogens is 320 g/mol. The number of halogens is 1. The molecule has 2 nitrogen and oxygen atoms in total. The van der Waals surface area contributed by atoms with Gasteiger partial charge in [-0.25, -0.2) is 0 Å². The Bertz CT molecular complexity index is 407. The van der Waals surface area contributed by atoms with Gasteiger partial charge in [0.05, 0.1) is 6.04 Å². The van der Waals surface area contributed by atoms with Crippen LogP contribution in [0.2, 0.25) is 0 Å². The Hall–Kier alpha value is 0.1000. The molecule has 2 N–H and O–H groups in total. The molecule has 0 aliphatic carbocycles. The first kappa shape index (κ1) is 15.5. The fourth-order valence-corrected chi connectivity index (χ4v) is 4.57. The molecule has 4 heteroatoms. The molecule has 1 saturated heterocycles. The van der Waals surface area contributed by atoms with E-state index in [1.54, 1.807) is 0 Å². The lowest BCUT2D eigenvalue weighted by molar-refractivity contribution is 0.0832. The van der Waals surface area contributed by atoms with E-state index >= 15 is 0 Å². The number of nitrogens with two attached hydrogens (primary N) is 1. The molecule has 1 fully saturated rings. The number of thiophene rings is 1. The topological polar surface area (TPSA) is 29.3 Å². The Kier molecular flexibility index (Phi) is 5.46. The lowest BCUT2D eigenvalue weighted by Gasteiger charge is -2.41. The molecule has 0 bridgehead atoms. The van der Waals surface area contributed by atoms with Gasteiger partial charge in [-0.2, -0.15) is 0 Å². The van der Waals surface area contributed by atoms with E-state index in [4.69, 9.17) is 5.73 Å². The summed E-state index contributed by atoms with van der Waals surface area (Å²) in [5, 5.41) is 2.17. The van der Waals surface area contributed by atoms with E-state index in [-0.39, 0.29) is 6.04 Å². The molecule has 1 aliphatic rings. The smallest absolute Gasteiger partial charge is 0.0593 e. The Morgan fingerprint density at radius 1 is 1.47 bits per heavy atom. The maximum atomic E-state index is 6.42. The van der Waals surface area contributed by atoms with Crippen LogP contribution in [0.1, 0.15) is 44.5 Å². The van der Waals surface area contributed by atoms with Gasteiger partial charge in [-0.1, -0.05) is 20.8 Å². The van der Waals surface area contributed by atoms with E-state index in [0.29, 0.717) is 6.04 Å². The Morgan fingerprint density at radius 3 is 2.74 bits per heavy atom. The summed E-state index contributed by atoms with van der Waals surface area (Å²) in [5.74, 6) is 1.61. The van der Waals surface area contributed by atoms with E-state index in [1.807, 2.05) is 11.3 Å². The first-order valence-corrected chi connectivity index (χ1v) is 8.93. The van der Waals surface area contributed by atoms with Gasteiger partial charge in [0.2, 0.25) is 0 Å². The molecule has 0 amide bonds. The highest BCUT2D eigenvalue weighted by atomic mass is 79.9. The lowest BCUT2D eigenvalue weighted by atomic mass is 9.87. The largest absolute Gasteiger partial charge is 0.326 e. The maximum Gasteiger partial charge on any atom is 0.0593 e. The van der Waals surface area contributed by atoms with Crippen LogP contribution in [-0.2, 0) is 0 Å². The van der Waals surface area contributed by atoms with Crippen molar-refractivity contribution in [3.8, 4) is 0 Å². The van der Waals surface area contributed by atoms with Crippen LogP contribution in [0, 0.1) is 11.8 Å². The van der Waals surface area contributed by atoms with E-state index in [2.05, 4.69) is 53.0 Å². The summed E-state index contributed by atoms with van der Waals surface area (Å²) in [7, 11) is 0. The van der Waals surface area contributed by atoms with Crippen LogP contribution in [0.3, 0.4) is 0 Å². The van der Waals surface area contributed by atoms with E-state index in [1.165, 1.54) is 28.9 Å². The first-order chi connectivity index (χ1) is 9.02. The molecule has 0 spiro atoms. The highest BCUT2D eigenvalue weighted by molar-refractivity contribution is 9.10. The normalized spacial score (nSPS) is 28.3. The Balaban J connectivity index is 2.18. The molecule has 4 unspecified atom stereocenters. The first-order valence-electron chi connectivity index (χ1n) is 7.26. The van der Waals surface area contributed by atoms with Crippen LogP contribution in [0.5, 0.6) is 0 Å². The van der Waals surface area contributed by atoms with E-state index in [9.17, 15) is 0 Å². The van der Waals surface area contributed by atoms with Gasteiger partial charge in [0, 0.05) is 27.3 Å². The van der Waals surface area contributed by atoms with Crippen molar-refractivity contribution in [2.45, 2.75) is 45.7 Å². The highest BCUT2D eigenvalue weighted by Gasteiger charge is 2.32. The van der Waals surface area contributed by atoms with Gasteiger partial charge >= 0.3 is 0 Å². The maximum absolute atomic E-state index is 6.42. The summed E-state index contributed by atoms with van der Waals surface area (Å²) in [4.78, 5) is 4.01. The number of likely N-dealkylation sites (tertiary alicyclic amines) is 1. The van der Waals surface area contributed by atoms with Crippen LogP contribution < -0.4 is 5.73 Å². The summed E-state index contributed by atoms with van der Waals surface area (Å²) < 4.78 is 1.18. The fourth-order valence-electron chi connectivity index (χ4n) is 2.92. The van der Waals surface area contributed by atoms with Gasteiger partial charge in [-0.05, 0) is 53.2 Å². The van der Waals surface area contributed by atoms with Crippen molar-refractivity contribution in [3.63, 3.8) is 0 Å². The van der Waals surface area contributed by atoms with Gasteiger partial charge in [0.15, 0.2) is 0 Å². The number of rotatable bonds is 4. The van der Waals surface area contributed by atoms with Gasteiger partial charge in [0.25, 0.3) is 0 Å². The minimum absolute atomic E-state index is 0.228. The average molecular weight is 345 g/mol. The predicted molar refractivity (Wildman–Crippen MR) is 87.5 cm³/mol. The minimum atomic E-state index is 0.228. The summed E-state index contributed by atoms with van der Waals surface area (Å²) in [6.07, 6.45) is 2.32. The number of hydrogen-bond acceptors (Lipinski definition) is 3. The molecule has 0 radical (unpaired) electrons. The van der Waals surface area contributed by atoms with Crippen molar-refractivity contribution in [1.29, 1.82) is 0 Å². The predicted octanol–water partition coefficient (Wildman–Crippen LogP) is 4.27. The van der Waals surface area contributed by atoms with Gasteiger partial charge in [-0.15, -0.1) is 11.3 Å². The van der Waals surface area contributed by atoms with Crippen molar-refractivity contribution in [2.24, 2.45) is 17.6 Å². The van der Waals surface area contributed by atoms with Crippen molar-refractivity contribution in [2.75, 3.05) is 13.1 Å². The van der Waals surface area contributed by atoms with Crippen molar-refractivity contribution in [3.05, 3.63) is 20.8 Å². The van der Waals surface area contributed by atoms with Gasteiger partial charge < -0.3 is 5.73 Å². The summed E-state index contributed by atoms with van der Waals surface area (Å²) in [5.41, 5.74) is 6.42. The van der Waals surface area contributed by atoms with Gasteiger partial charge in [0.1, 0.15) is 0 Å². The molecule has 2 rings (SSSR count). The van der Waals surface area contributed by atoms with Gasteiger partial charge in [-0.3, -0.25) is 4.90 Å². The molecule has 4 atom stereocenters. The SMILES string of the molecule is CCC(N)C(c1cc(Br)cs1)N1CCC(C)C(C)C1. The fraction of sp³-hybridized carbons (Fsp3) is 0.733. The number of nitrogens with zero attached hydrogens (tertiary/aromatic N) is 1. The number of hydrogen-bond donors (Lipinski definition) is 1. The third-order valence-corrected chi connectivity index (χ3v) is 6.28. The standard InChI is InChI=1S/C15H25BrN2S/c1-4-13(17)15(14-7-12(16)9-19-14)18-6-5-10(2)11(3)8-18/h7,9-11,13,15H,4-6,8,17H2,1-3H3. The molecule has 0 aromatic carbocycles. The molecule has 108 valence electrons. The van der Waals surface area contributed by atoms with Crippen molar-refractivity contribution < 1.29 is 0 Å². The van der Waals surface area contributed by atoms with Crippen LogP contribution >= 0.6 is 27.3 Å². The highest BCUT2D eigenvalue weighted by Crippen LogP contribution is 2.35. The average Bonchev–Trinajstić information content (AvgIpc) is 2.80. The monoisotopic (exact) mass is 344 g/mol. The quantitative estimate of drug-likeness (QED) is 0.883. The van der Waals surface area contributed by atoms with Crippen molar-refractivity contribution in [1.82, 2.24) is 4.90 Å². The minimum Gasteiger partial charge on any atom is -0.326 e. The molecule has 1 aliphatic heterocycles. The van der Waals surface area contributed by atoms with Crippen LogP contribution in [0.4, 0.5) is 0 Å². The molecule has 1 aromatic rings. The molecule has 1 aromatic heterocycles. The zero-order chi connectivity index (χ0) is 14.0. The summed E-state index contributed by atoms with van der Waals surface area (Å²) >= 11 is 5.40. The van der Waals surface area contributed by atoms with E-state index < -0.39 is 0 Å². The second-order valence-corrected chi connectivity index (χ2v) is 7.78. The van der Waals surface area contributed by atoms with Crippen LogP contribution in [-0.4, -0.2) is 24.0 Å². The molecule has 19 heavy (non-hydrogen) atoms. The zero-order valence-corrected chi connectivity index (χ0v) is 14.5. The second kappa shape index (κ2) is 6.70. The van der Waals surface area contributed by atoms with E-state index in [0.717, 1.165) is 18.3 Å². The second-order valence-electron chi connectivity index (χ2n) is 5.92. The van der Waals surface area contributed by atoms with Crippen LogP contribution in [0.15, 0.2) is 15.9 Å². The van der Waals surface area contributed by atoms with Crippen molar-refractivity contribution >= 4 is 27.3 Å². The Morgan fingerprint density at radius 2 is 2.21 bits per heavy atom. The lowest BCUT2D eigenvalue weighted by Crippen LogP contribution is -2.46. The zero-order valence-electron chi connectivity index (χ0n) is 12.1. The molecule has 2 heterocycles. The molecular formula is C15H25BrN2S. The Labute approximate surface area is 129 Å². The summed E-state index contributed by atoms with van der Waals surface area (Å²) in [6.45, 7) is 9.29. The summed E-state index contributed by atoms with van der Waals surface area (Å²) in [6, 6.07) is 2.86. The number of piperidine rings is 1. The third-order valence-electron chi connectivity index (χ3n) is 4.52.